The van der Waals surface area contributed by atoms with Crippen LogP contribution in [0.4, 0.5) is 14.5 Å². The molecule has 0 bridgehead atoms. The number of halogens is 2. The Labute approximate surface area is 177 Å². The number of carbonyl (C=O) groups excluding carboxylic acids is 1. The van der Waals surface area contributed by atoms with Crippen LogP contribution in [0.1, 0.15) is 30.0 Å². The second-order valence-corrected chi connectivity index (χ2v) is 7.59. The number of ketones is 1. The van der Waals surface area contributed by atoms with Gasteiger partial charge >= 0.3 is 0 Å². The number of hydrogen-bond acceptors (Lipinski definition) is 5. The van der Waals surface area contributed by atoms with Gasteiger partial charge in [-0.05, 0) is 44.2 Å². The number of benzene rings is 1. The largest absolute Gasteiger partial charge is 0.465 e. The van der Waals surface area contributed by atoms with Gasteiger partial charge in [0.2, 0.25) is 5.43 Å². The van der Waals surface area contributed by atoms with Gasteiger partial charge in [-0.2, -0.15) is 0 Å². The minimum Gasteiger partial charge on any atom is -0.465 e. The zero-order valence-electron chi connectivity index (χ0n) is 17.3. The number of anilines is 1. The van der Waals surface area contributed by atoms with E-state index in [9.17, 15) is 9.59 Å². The Morgan fingerprint density at radius 1 is 1.39 bits per heavy atom. The first kappa shape index (κ1) is 21.0. The molecule has 162 valence electrons. The number of nitrogens with one attached hydrogen (secondary N) is 1. The monoisotopic (exact) mass is 427 g/mol. The molecular formula is C23H23F2N3O3. The first-order valence-electron chi connectivity index (χ1n) is 10.2. The van der Waals surface area contributed by atoms with Gasteiger partial charge in [-0.3, -0.25) is 9.59 Å². The molecule has 1 aromatic carbocycles. The summed E-state index contributed by atoms with van der Waals surface area (Å²) in [6, 6.07) is 4.46. The third-order valence-electron chi connectivity index (χ3n) is 5.46. The molecule has 0 amide bonds. The number of nitrogens with zero attached hydrogens (tertiary/aromatic N) is 2. The SMILES string of the molecule is CCn1cc(C(=O)C=Cc2ccco2)c(=O)c2cc(F)c(N3CCNC(C)C3)c(F)c21. The van der Waals surface area contributed by atoms with Gasteiger partial charge < -0.3 is 19.2 Å². The molecule has 4 rings (SSSR count). The third-order valence-corrected chi connectivity index (χ3v) is 5.46. The second-order valence-electron chi connectivity index (χ2n) is 7.59. The van der Waals surface area contributed by atoms with E-state index in [1.807, 2.05) is 6.92 Å². The van der Waals surface area contributed by atoms with Crippen molar-refractivity contribution in [3.63, 3.8) is 0 Å². The zero-order chi connectivity index (χ0) is 22.1. The molecule has 8 heteroatoms. The number of furan rings is 1. The zero-order valence-corrected chi connectivity index (χ0v) is 17.3. The average Bonchev–Trinajstić information content (AvgIpc) is 3.26. The van der Waals surface area contributed by atoms with Crippen LogP contribution in [0.3, 0.4) is 0 Å². The fourth-order valence-corrected chi connectivity index (χ4v) is 3.96. The number of piperazine rings is 1. The first-order chi connectivity index (χ1) is 14.9. The summed E-state index contributed by atoms with van der Waals surface area (Å²) < 4.78 is 37.2. The van der Waals surface area contributed by atoms with Crippen LogP contribution in [0.2, 0.25) is 0 Å². The summed E-state index contributed by atoms with van der Waals surface area (Å²) >= 11 is 0. The minimum absolute atomic E-state index is 0.00153. The van der Waals surface area contributed by atoms with Gasteiger partial charge in [0, 0.05) is 38.4 Å². The van der Waals surface area contributed by atoms with Crippen molar-refractivity contribution in [2.75, 3.05) is 24.5 Å². The molecule has 3 aromatic rings. The van der Waals surface area contributed by atoms with E-state index in [1.54, 1.807) is 24.0 Å². The summed E-state index contributed by atoms with van der Waals surface area (Å²) in [7, 11) is 0. The summed E-state index contributed by atoms with van der Waals surface area (Å²) in [5.41, 5.74) is -0.993. The van der Waals surface area contributed by atoms with E-state index in [0.717, 1.165) is 6.07 Å². The van der Waals surface area contributed by atoms with Crippen LogP contribution in [-0.4, -0.2) is 36.0 Å². The third kappa shape index (κ3) is 3.90. The lowest BCUT2D eigenvalue weighted by Gasteiger charge is -2.34. The molecule has 1 fully saturated rings. The lowest BCUT2D eigenvalue weighted by Crippen LogP contribution is -2.49. The Hall–Kier alpha value is -3.26. The Kier molecular flexibility index (Phi) is 5.73. The maximum atomic E-state index is 15.6. The van der Waals surface area contributed by atoms with Crippen LogP contribution in [-0.2, 0) is 6.54 Å². The number of carbonyl (C=O) groups is 1. The quantitative estimate of drug-likeness (QED) is 0.498. The molecule has 1 saturated heterocycles. The summed E-state index contributed by atoms with van der Waals surface area (Å²) in [4.78, 5) is 27.3. The Bertz CT molecular complexity index is 1220. The minimum atomic E-state index is -0.811. The van der Waals surface area contributed by atoms with Crippen LogP contribution in [0.25, 0.3) is 17.0 Å². The average molecular weight is 427 g/mol. The molecule has 31 heavy (non-hydrogen) atoms. The molecule has 2 aromatic heterocycles. The molecule has 6 nitrogen and oxygen atoms in total. The number of fused-ring (bicyclic) bond motifs is 1. The van der Waals surface area contributed by atoms with Gasteiger partial charge in [-0.15, -0.1) is 0 Å². The van der Waals surface area contributed by atoms with Gasteiger partial charge in [-0.25, -0.2) is 8.78 Å². The fourth-order valence-electron chi connectivity index (χ4n) is 3.96. The van der Waals surface area contributed by atoms with E-state index in [-0.39, 0.29) is 28.2 Å². The first-order valence-corrected chi connectivity index (χ1v) is 10.2. The number of aryl methyl sites for hydroxylation is 1. The molecule has 1 atom stereocenters. The smallest absolute Gasteiger partial charge is 0.200 e. The predicted molar refractivity (Wildman–Crippen MR) is 116 cm³/mol. The summed E-state index contributed by atoms with van der Waals surface area (Å²) in [6.07, 6.45) is 5.46. The maximum Gasteiger partial charge on any atom is 0.200 e. The molecule has 0 spiro atoms. The predicted octanol–water partition coefficient (Wildman–Crippen LogP) is 3.59. The highest BCUT2D eigenvalue weighted by Gasteiger charge is 2.26. The summed E-state index contributed by atoms with van der Waals surface area (Å²) in [6.45, 7) is 5.52. The van der Waals surface area contributed by atoms with Gasteiger partial charge in [0.15, 0.2) is 11.6 Å². The number of pyridine rings is 1. The molecule has 3 heterocycles. The van der Waals surface area contributed by atoms with Gasteiger partial charge in [0.05, 0.1) is 22.7 Å². The van der Waals surface area contributed by atoms with Crippen molar-refractivity contribution in [3.05, 3.63) is 69.9 Å². The van der Waals surface area contributed by atoms with Crippen LogP contribution in [0.15, 0.2) is 45.9 Å². The van der Waals surface area contributed by atoms with E-state index in [1.165, 1.54) is 29.2 Å². The highest BCUT2D eigenvalue weighted by atomic mass is 19.1. The summed E-state index contributed by atoms with van der Waals surface area (Å²) in [5.74, 6) is -1.70. The molecule has 1 aliphatic rings. The van der Waals surface area contributed by atoms with Crippen molar-refractivity contribution >= 4 is 28.4 Å². The number of hydrogen-bond donors (Lipinski definition) is 1. The van der Waals surface area contributed by atoms with Gasteiger partial charge in [0.25, 0.3) is 0 Å². The molecule has 0 aliphatic carbocycles. The lowest BCUT2D eigenvalue weighted by atomic mass is 10.1. The van der Waals surface area contributed by atoms with E-state index in [4.69, 9.17) is 4.42 Å². The van der Waals surface area contributed by atoms with E-state index in [0.29, 0.717) is 31.9 Å². The topological polar surface area (TPSA) is 67.5 Å². The van der Waals surface area contributed by atoms with Crippen molar-refractivity contribution in [1.82, 2.24) is 9.88 Å². The van der Waals surface area contributed by atoms with Crippen molar-refractivity contribution in [2.24, 2.45) is 0 Å². The van der Waals surface area contributed by atoms with Crippen LogP contribution in [0, 0.1) is 11.6 Å². The van der Waals surface area contributed by atoms with Crippen molar-refractivity contribution in [1.29, 1.82) is 0 Å². The van der Waals surface area contributed by atoms with Gasteiger partial charge in [0.1, 0.15) is 17.3 Å². The van der Waals surface area contributed by atoms with Crippen LogP contribution in [0.5, 0.6) is 0 Å². The molecule has 1 unspecified atom stereocenters. The van der Waals surface area contributed by atoms with Crippen LogP contribution >= 0.6 is 0 Å². The van der Waals surface area contributed by atoms with Crippen molar-refractivity contribution in [2.45, 2.75) is 26.4 Å². The highest BCUT2D eigenvalue weighted by Crippen LogP contribution is 2.30. The highest BCUT2D eigenvalue weighted by molar-refractivity contribution is 6.08. The number of allylic oxidation sites excluding steroid dienone is 1. The van der Waals surface area contributed by atoms with E-state index >= 15 is 8.78 Å². The maximum absolute atomic E-state index is 15.6. The van der Waals surface area contributed by atoms with Gasteiger partial charge in [-0.1, -0.05) is 0 Å². The molecule has 0 radical (unpaired) electrons. The molecule has 1 aliphatic heterocycles. The summed E-state index contributed by atoms with van der Waals surface area (Å²) in [5, 5.41) is 3.09. The van der Waals surface area contributed by atoms with E-state index in [2.05, 4.69) is 5.32 Å². The van der Waals surface area contributed by atoms with Crippen molar-refractivity contribution < 1.29 is 18.0 Å². The molecular weight excluding hydrogens is 404 g/mol. The van der Waals surface area contributed by atoms with Crippen molar-refractivity contribution in [3.8, 4) is 0 Å². The second kappa shape index (κ2) is 8.47. The van der Waals surface area contributed by atoms with Crippen LogP contribution < -0.4 is 15.6 Å². The normalized spacial score (nSPS) is 17.0. The number of aromatic nitrogens is 1. The lowest BCUT2D eigenvalue weighted by molar-refractivity contribution is 0.104. The Balaban J connectivity index is 1.84. The Morgan fingerprint density at radius 3 is 2.87 bits per heavy atom. The number of rotatable bonds is 5. The standard InChI is InChI=1S/C23H23F2N3O3/c1-3-27-13-17(19(29)7-6-15-5-4-10-31-15)23(30)16-11-18(24)22(20(25)21(16)27)28-9-8-26-14(2)12-28/h4-7,10-11,13-14,26H,3,8-9,12H2,1-2H3. The fraction of sp³-hybridized carbons (Fsp3) is 0.304. The Morgan fingerprint density at radius 2 is 2.19 bits per heavy atom. The molecule has 1 N–H and O–H groups in total. The van der Waals surface area contributed by atoms with E-state index < -0.39 is 22.8 Å². The molecule has 0 saturated carbocycles.